The molecule has 18 heavy (non-hydrogen) atoms. The fourth-order valence-electron chi connectivity index (χ4n) is 1.36. The van der Waals surface area contributed by atoms with Crippen LogP contribution in [0.2, 0.25) is 5.15 Å². The van der Waals surface area contributed by atoms with Gasteiger partial charge in [-0.3, -0.25) is 14.2 Å². The Kier molecular flexibility index (Phi) is 5.11. The number of methoxy groups -OCH3 is 1. The summed E-state index contributed by atoms with van der Waals surface area (Å²) in [4.78, 5) is 27.0. The Morgan fingerprint density at radius 3 is 3.00 bits per heavy atom. The van der Waals surface area contributed by atoms with Gasteiger partial charge in [0.1, 0.15) is 12.2 Å². The van der Waals surface area contributed by atoms with Gasteiger partial charge in [-0.25, -0.2) is 4.98 Å². The van der Waals surface area contributed by atoms with E-state index in [1.54, 1.807) is 6.92 Å². The zero-order valence-corrected chi connectivity index (χ0v) is 10.9. The first kappa shape index (κ1) is 14.5. The molecule has 0 bridgehead atoms. The van der Waals surface area contributed by atoms with Crippen LogP contribution in [0.4, 0.5) is 5.69 Å². The number of aromatic nitrogens is 2. The lowest BCUT2D eigenvalue weighted by atomic mass is 10.3. The first-order valence-electron chi connectivity index (χ1n) is 5.24. The summed E-state index contributed by atoms with van der Waals surface area (Å²) in [5.74, 6) is -0.329. The molecule has 0 aromatic carbocycles. The highest BCUT2D eigenvalue weighted by molar-refractivity contribution is 6.31. The number of hydrogen-bond acceptors (Lipinski definition) is 5. The lowest BCUT2D eigenvalue weighted by molar-refractivity contribution is -0.122. The van der Waals surface area contributed by atoms with Gasteiger partial charge >= 0.3 is 0 Å². The highest BCUT2D eigenvalue weighted by Gasteiger charge is 2.11. The molecule has 0 saturated heterocycles. The minimum Gasteiger partial charge on any atom is -0.392 e. The van der Waals surface area contributed by atoms with Gasteiger partial charge in [-0.15, -0.1) is 0 Å². The van der Waals surface area contributed by atoms with E-state index >= 15 is 0 Å². The standard InChI is InChI=1S/C10H15ClN4O3/c1-6(4-18-2)14-7(16)3-15-5-13-9(11)8(12)10(15)17/h5-6H,3-4,12H2,1-2H3,(H,14,16). The fraction of sp³-hybridized carbons (Fsp3) is 0.500. The monoisotopic (exact) mass is 274 g/mol. The second kappa shape index (κ2) is 6.36. The molecule has 8 heteroatoms. The number of nitrogen functional groups attached to an aromatic ring is 1. The third-order valence-corrected chi connectivity index (χ3v) is 2.46. The Bertz CT molecular complexity index is 489. The average Bonchev–Trinajstić information content (AvgIpc) is 2.30. The minimum absolute atomic E-state index is 0.0654. The normalized spacial score (nSPS) is 12.2. The number of anilines is 1. The molecule has 1 rings (SSSR count). The zero-order valence-electron chi connectivity index (χ0n) is 10.1. The second-order valence-corrected chi connectivity index (χ2v) is 4.16. The highest BCUT2D eigenvalue weighted by Crippen LogP contribution is 2.07. The average molecular weight is 275 g/mol. The summed E-state index contributed by atoms with van der Waals surface area (Å²) in [7, 11) is 1.54. The van der Waals surface area contributed by atoms with E-state index in [-0.39, 0.29) is 29.3 Å². The molecule has 0 aliphatic heterocycles. The Morgan fingerprint density at radius 2 is 2.39 bits per heavy atom. The summed E-state index contributed by atoms with van der Waals surface area (Å²) in [5, 5.41) is 2.60. The molecule has 0 saturated carbocycles. The third kappa shape index (κ3) is 3.71. The molecule has 1 amide bonds. The second-order valence-electron chi connectivity index (χ2n) is 3.81. The summed E-state index contributed by atoms with van der Waals surface area (Å²) < 4.78 is 5.97. The maximum atomic E-state index is 11.6. The summed E-state index contributed by atoms with van der Waals surface area (Å²) in [6.07, 6.45) is 1.18. The molecule has 1 atom stereocenters. The summed E-state index contributed by atoms with van der Waals surface area (Å²) in [5.41, 5.74) is 4.72. The number of halogens is 1. The van der Waals surface area contributed by atoms with Crippen LogP contribution in [0, 0.1) is 0 Å². The van der Waals surface area contributed by atoms with Crippen LogP contribution in [0.1, 0.15) is 6.92 Å². The smallest absolute Gasteiger partial charge is 0.278 e. The molecular formula is C10H15ClN4O3. The molecule has 0 fully saturated rings. The predicted octanol–water partition coefficient (Wildman–Crippen LogP) is -0.370. The van der Waals surface area contributed by atoms with Gasteiger partial charge in [-0.2, -0.15) is 0 Å². The Hall–Kier alpha value is -1.60. The summed E-state index contributed by atoms with van der Waals surface area (Å²) in [6, 6.07) is -0.143. The maximum absolute atomic E-state index is 11.6. The molecule has 0 aliphatic rings. The van der Waals surface area contributed by atoms with Crippen molar-refractivity contribution in [3.05, 3.63) is 21.8 Å². The molecule has 7 nitrogen and oxygen atoms in total. The summed E-state index contributed by atoms with van der Waals surface area (Å²) in [6.45, 7) is 2.02. The Labute approximate surface area is 109 Å². The van der Waals surface area contributed by atoms with Gasteiger partial charge in [-0.05, 0) is 6.92 Å². The van der Waals surface area contributed by atoms with Gasteiger partial charge in [0.25, 0.3) is 5.56 Å². The molecule has 0 radical (unpaired) electrons. The first-order valence-corrected chi connectivity index (χ1v) is 5.62. The molecule has 3 N–H and O–H groups in total. The van der Waals surface area contributed by atoms with E-state index in [0.29, 0.717) is 6.61 Å². The van der Waals surface area contributed by atoms with E-state index in [0.717, 1.165) is 4.57 Å². The minimum atomic E-state index is -0.537. The molecule has 100 valence electrons. The van der Waals surface area contributed by atoms with Gasteiger partial charge in [0.05, 0.1) is 12.9 Å². The van der Waals surface area contributed by atoms with Crippen LogP contribution in [-0.2, 0) is 16.1 Å². The number of ether oxygens (including phenoxy) is 1. The van der Waals surface area contributed by atoms with E-state index in [1.165, 1.54) is 13.4 Å². The fourth-order valence-corrected chi connectivity index (χ4v) is 1.49. The van der Waals surface area contributed by atoms with Crippen LogP contribution in [0.5, 0.6) is 0 Å². The molecule has 1 aromatic heterocycles. The van der Waals surface area contributed by atoms with Gasteiger partial charge < -0.3 is 15.8 Å². The number of hydrogen-bond donors (Lipinski definition) is 2. The van der Waals surface area contributed by atoms with E-state index in [4.69, 9.17) is 22.1 Å². The Balaban J connectivity index is 2.71. The number of carbonyl (C=O) groups excluding carboxylic acids is 1. The number of rotatable bonds is 5. The SMILES string of the molecule is COCC(C)NC(=O)Cn1cnc(Cl)c(N)c1=O. The van der Waals surface area contributed by atoms with Crippen LogP contribution >= 0.6 is 11.6 Å². The quantitative estimate of drug-likeness (QED) is 0.714. The number of nitrogens with one attached hydrogen (secondary N) is 1. The van der Waals surface area contributed by atoms with Crippen molar-refractivity contribution in [2.45, 2.75) is 19.5 Å². The molecule has 1 heterocycles. The van der Waals surface area contributed by atoms with E-state index < -0.39 is 5.56 Å². The van der Waals surface area contributed by atoms with Crippen molar-refractivity contribution in [2.75, 3.05) is 19.5 Å². The zero-order chi connectivity index (χ0) is 13.7. The molecule has 0 spiro atoms. The van der Waals surface area contributed by atoms with E-state index in [2.05, 4.69) is 10.3 Å². The van der Waals surface area contributed by atoms with E-state index in [9.17, 15) is 9.59 Å². The topological polar surface area (TPSA) is 99.2 Å². The van der Waals surface area contributed by atoms with Crippen molar-refractivity contribution in [1.82, 2.24) is 14.9 Å². The maximum Gasteiger partial charge on any atom is 0.278 e. The van der Waals surface area contributed by atoms with Crippen LogP contribution in [0.3, 0.4) is 0 Å². The van der Waals surface area contributed by atoms with Crippen molar-refractivity contribution in [3.63, 3.8) is 0 Å². The van der Waals surface area contributed by atoms with Gasteiger partial charge in [0.15, 0.2) is 5.15 Å². The van der Waals surface area contributed by atoms with Crippen molar-refractivity contribution >= 4 is 23.2 Å². The number of carbonyl (C=O) groups is 1. The van der Waals surface area contributed by atoms with Crippen molar-refractivity contribution < 1.29 is 9.53 Å². The lowest BCUT2D eigenvalue weighted by Crippen LogP contribution is -2.39. The first-order chi connectivity index (χ1) is 8.45. The van der Waals surface area contributed by atoms with Crippen molar-refractivity contribution in [1.29, 1.82) is 0 Å². The van der Waals surface area contributed by atoms with Gasteiger partial charge in [0.2, 0.25) is 5.91 Å². The predicted molar refractivity (Wildman–Crippen MR) is 67.4 cm³/mol. The van der Waals surface area contributed by atoms with Crippen LogP contribution in [0.25, 0.3) is 0 Å². The number of nitrogens with two attached hydrogens (primary N) is 1. The Morgan fingerprint density at radius 1 is 1.72 bits per heavy atom. The summed E-state index contributed by atoms with van der Waals surface area (Å²) >= 11 is 5.58. The van der Waals surface area contributed by atoms with Crippen LogP contribution < -0.4 is 16.6 Å². The number of amides is 1. The largest absolute Gasteiger partial charge is 0.392 e. The van der Waals surface area contributed by atoms with Gasteiger partial charge in [-0.1, -0.05) is 11.6 Å². The van der Waals surface area contributed by atoms with E-state index in [1.807, 2.05) is 0 Å². The molecular weight excluding hydrogens is 260 g/mol. The van der Waals surface area contributed by atoms with Crippen molar-refractivity contribution in [2.24, 2.45) is 0 Å². The lowest BCUT2D eigenvalue weighted by Gasteiger charge is -2.13. The molecule has 1 unspecified atom stereocenters. The highest BCUT2D eigenvalue weighted by atomic mass is 35.5. The number of nitrogens with zero attached hydrogens (tertiary/aromatic N) is 2. The molecule has 0 aliphatic carbocycles. The van der Waals surface area contributed by atoms with Crippen molar-refractivity contribution in [3.8, 4) is 0 Å². The third-order valence-electron chi connectivity index (χ3n) is 2.16. The van der Waals surface area contributed by atoms with Gasteiger partial charge in [0, 0.05) is 13.2 Å². The van der Waals surface area contributed by atoms with Crippen LogP contribution in [0.15, 0.2) is 11.1 Å². The molecule has 1 aromatic rings. The van der Waals surface area contributed by atoms with Crippen LogP contribution in [-0.4, -0.2) is 35.2 Å².